The summed E-state index contributed by atoms with van der Waals surface area (Å²) in [5, 5.41) is 8.51. The maximum Gasteiger partial charge on any atom is 0.257 e. The van der Waals surface area contributed by atoms with Gasteiger partial charge in [0.25, 0.3) is 11.8 Å². The molecule has 29 heavy (non-hydrogen) atoms. The van der Waals surface area contributed by atoms with Crippen LogP contribution < -0.4 is 16.0 Å². The molecule has 1 unspecified atom stereocenters. The molecule has 8 nitrogen and oxygen atoms in total. The molecule has 2 aromatic rings. The van der Waals surface area contributed by atoms with E-state index in [0.29, 0.717) is 41.7 Å². The number of anilines is 1. The van der Waals surface area contributed by atoms with Crippen molar-refractivity contribution in [3.05, 3.63) is 58.9 Å². The highest BCUT2D eigenvalue weighted by molar-refractivity contribution is 6.29. The first kappa shape index (κ1) is 20.8. The van der Waals surface area contributed by atoms with E-state index in [0.717, 1.165) is 12.8 Å². The van der Waals surface area contributed by atoms with Crippen LogP contribution in [0.25, 0.3) is 0 Å². The molecule has 0 saturated carbocycles. The summed E-state index contributed by atoms with van der Waals surface area (Å²) in [5.41, 5.74) is 1.37. The SMILES string of the molecule is O=C(NCCNC(=O)C1CCCO1)c1ccc(NC(=O)c2ccc(Cl)nc2)cc1. The first-order chi connectivity index (χ1) is 14.0. The molecule has 1 aliphatic heterocycles. The Hall–Kier alpha value is -2.97. The van der Waals surface area contributed by atoms with E-state index < -0.39 is 0 Å². The van der Waals surface area contributed by atoms with E-state index in [1.807, 2.05) is 0 Å². The lowest BCUT2D eigenvalue weighted by Gasteiger charge is -2.11. The second kappa shape index (κ2) is 9.99. The van der Waals surface area contributed by atoms with Gasteiger partial charge in [-0.15, -0.1) is 0 Å². The summed E-state index contributed by atoms with van der Waals surface area (Å²) in [6.07, 6.45) is 2.63. The van der Waals surface area contributed by atoms with Crippen molar-refractivity contribution in [2.75, 3.05) is 25.0 Å². The minimum absolute atomic E-state index is 0.146. The van der Waals surface area contributed by atoms with Crippen molar-refractivity contribution < 1.29 is 19.1 Å². The van der Waals surface area contributed by atoms with E-state index in [2.05, 4.69) is 20.9 Å². The van der Waals surface area contributed by atoms with Crippen LogP contribution in [0.15, 0.2) is 42.6 Å². The van der Waals surface area contributed by atoms with E-state index in [9.17, 15) is 14.4 Å². The first-order valence-corrected chi connectivity index (χ1v) is 9.61. The van der Waals surface area contributed by atoms with Gasteiger partial charge in [0, 0.05) is 37.1 Å². The number of carbonyl (C=O) groups excluding carboxylic acids is 3. The second-order valence-electron chi connectivity index (χ2n) is 6.45. The number of nitrogens with one attached hydrogen (secondary N) is 3. The van der Waals surface area contributed by atoms with Gasteiger partial charge in [-0.25, -0.2) is 4.98 Å². The number of benzene rings is 1. The largest absolute Gasteiger partial charge is 0.368 e. The normalized spacial score (nSPS) is 15.6. The van der Waals surface area contributed by atoms with Crippen LogP contribution in [-0.2, 0) is 9.53 Å². The van der Waals surface area contributed by atoms with Gasteiger partial charge in [0.05, 0.1) is 5.56 Å². The average molecular weight is 417 g/mol. The van der Waals surface area contributed by atoms with Crippen molar-refractivity contribution in [2.24, 2.45) is 0 Å². The predicted molar refractivity (Wildman–Crippen MR) is 108 cm³/mol. The molecule has 152 valence electrons. The molecule has 3 N–H and O–H groups in total. The molecule has 1 aromatic carbocycles. The van der Waals surface area contributed by atoms with Crippen molar-refractivity contribution in [1.29, 1.82) is 0 Å². The maximum absolute atomic E-state index is 12.2. The van der Waals surface area contributed by atoms with Gasteiger partial charge in [-0.05, 0) is 49.2 Å². The van der Waals surface area contributed by atoms with Crippen LogP contribution in [0.5, 0.6) is 0 Å². The number of aromatic nitrogens is 1. The van der Waals surface area contributed by atoms with Gasteiger partial charge in [-0.1, -0.05) is 11.6 Å². The summed E-state index contributed by atoms with van der Waals surface area (Å²) >= 11 is 5.71. The van der Waals surface area contributed by atoms with Gasteiger partial charge in [0.15, 0.2) is 0 Å². The zero-order chi connectivity index (χ0) is 20.6. The van der Waals surface area contributed by atoms with E-state index in [-0.39, 0.29) is 23.8 Å². The standard InChI is InChI=1S/C20H21ClN4O4/c21-17-8-5-14(12-24-17)19(27)25-15-6-3-13(4-7-15)18(26)22-9-10-23-20(28)16-2-1-11-29-16/h3-8,12,16H,1-2,9-11H2,(H,22,26)(H,23,28)(H,25,27). The number of hydrogen-bond acceptors (Lipinski definition) is 5. The Balaban J connectivity index is 1.42. The van der Waals surface area contributed by atoms with E-state index in [1.54, 1.807) is 30.3 Å². The minimum atomic E-state index is -0.378. The number of nitrogens with zero attached hydrogens (tertiary/aromatic N) is 1. The van der Waals surface area contributed by atoms with Gasteiger partial charge < -0.3 is 20.7 Å². The number of amides is 3. The summed E-state index contributed by atoms with van der Waals surface area (Å²) in [6.45, 7) is 1.24. The molecule has 3 rings (SSSR count). The van der Waals surface area contributed by atoms with Crippen molar-refractivity contribution in [3.8, 4) is 0 Å². The van der Waals surface area contributed by atoms with Gasteiger partial charge in [-0.3, -0.25) is 14.4 Å². The van der Waals surface area contributed by atoms with Crippen LogP contribution in [-0.4, -0.2) is 48.5 Å². The van der Waals surface area contributed by atoms with Crippen LogP contribution in [0.2, 0.25) is 5.15 Å². The number of rotatable bonds is 7. The number of carbonyl (C=O) groups is 3. The molecule has 0 radical (unpaired) electrons. The predicted octanol–water partition coefficient (Wildman–Crippen LogP) is 2.01. The number of halogens is 1. The lowest BCUT2D eigenvalue weighted by molar-refractivity contribution is -0.129. The summed E-state index contributed by atoms with van der Waals surface area (Å²) < 4.78 is 5.30. The average Bonchev–Trinajstić information content (AvgIpc) is 3.27. The zero-order valence-electron chi connectivity index (χ0n) is 15.6. The Morgan fingerprint density at radius 3 is 2.38 bits per heavy atom. The lowest BCUT2D eigenvalue weighted by Crippen LogP contribution is -2.39. The molecule has 2 heterocycles. The minimum Gasteiger partial charge on any atom is -0.368 e. The topological polar surface area (TPSA) is 109 Å². The molecule has 0 aliphatic carbocycles. The highest BCUT2D eigenvalue weighted by Gasteiger charge is 2.22. The Morgan fingerprint density at radius 1 is 1.00 bits per heavy atom. The lowest BCUT2D eigenvalue weighted by atomic mass is 10.2. The Morgan fingerprint density at radius 2 is 1.72 bits per heavy atom. The molecule has 3 amide bonds. The third-order valence-electron chi connectivity index (χ3n) is 4.33. The fourth-order valence-corrected chi connectivity index (χ4v) is 2.89. The quantitative estimate of drug-likeness (QED) is 0.472. The second-order valence-corrected chi connectivity index (χ2v) is 6.84. The number of hydrogen-bond donors (Lipinski definition) is 3. The number of pyridine rings is 1. The van der Waals surface area contributed by atoms with Crippen molar-refractivity contribution in [3.63, 3.8) is 0 Å². The summed E-state index contributed by atoms with van der Waals surface area (Å²) in [6, 6.07) is 9.59. The summed E-state index contributed by atoms with van der Waals surface area (Å²) in [7, 11) is 0. The molecule has 0 bridgehead atoms. The molecular weight excluding hydrogens is 396 g/mol. The molecular formula is C20H21ClN4O4. The van der Waals surface area contributed by atoms with Crippen LogP contribution in [0.3, 0.4) is 0 Å². The third kappa shape index (κ3) is 6.00. The Labute approximate surface area is 173 Å². The van der Waals surface area contributed by atoms with Gasteiger partial charge >= 0.3 is 0 Å². The maximum atomic E-state index is 12.2. The zero-order valence-corrected chi connectivity index (χ0v) is 16.4. The van der Waals surface area contributed by atoms with Crippen molar-refractivity contribution in [2.45, 2.75) is 18.9 Å². The molecule has 1 aliphatic rings. The Bertz CT molecular complexity index is 865. The summed E-state index contributed by atoms with van der Waals surface area (Å²) in [4.78, 5) is 40.0. The molecule has 1 saturated heterocycles. The highest BCUT2D eigenvalue weighted by atomic mass is 35.5. The molecule has 1 aromatic heterocycles. The monoisotopic (exact) mass is 416 g/mol. The molecule has 9 heteroatoms. The van der Waals surface area contributed by atoms with Gasteiger partial charge in [0.1, 0.15) is 11.3 Å². The fraction of sp³-hybridized carbons (Fsp3) is 0.300. The molecule has 0 spiro atoms. The van der Waals surface area contributed by atoms with E-state index in [1.165, 1.54) is 12.3 Å². The van der Waals surface area contributed by atoms with Crippen molar-refractivity contribution in [1.82, 2.24) is 15.6 Å². The van der Waals surface area contributed by atoms with Gasteiger partial charge in [0.2, 0.25) is 5.91 Å². The summed E-state index contributed by atoms with van der Waals surface area (Å²) in [5.74, 6) is -0.739. The number of ether oxygens (including phenoxy) is 1. The van der Waals surface area contributed by atoms with Crippen molar-refractivity contribution >= 4 is 35.0 Å². The van der Waals surface area contributed by atoms with E-state index >= 15 is 0 Å². The van der Waals surface area contributed by atoms with Gasteiger partial charge in [-0.2, -0.15) is 0 Å². The smallest absolute Gasteiger partial charge is 0.257 e. The van der Waals surface area contributed by atoms with Crippen LogP contribution in [0, 0.1) is 0 Å². The fourth-order valence-electron chi connectivity index (χ4n) is 2.78. The van der Waals surface area contributed by atoms with Crippen LogP contribution in [0.4, 0.5) is 5.69 Å². The molecule has 1 atom stereocenters. The first-order valence-electron chi connectivity index (χ1n) is 9.23. The van der Waals surface area contributed by atoms with E-state index in [4.69, 9.17) is 16.3 Å². The van der Waals surface area contributed by atoms with Crippen LogP contribution in [0.1, 0.15) is 33.6 Å². The Kier molecular flexibility index (Phi) is 7.15. The molecule has 1 fully saturated rings. The highest BCUT2D eigenvalue weighted by Crippen LogP contribution is 2.13. The third-order valence-corrected chi connectivity index (χ3v) is 4.55. The van der Waals surface area contributed by atoms with Crippen LogP contribution >= 0.6 is 11.6 Å².